The van der Waals surface area contributed by atoms with Crippen molar-refractivity contribution in [2.75, 3.05) is 13.2 Å². The van der Waals surface area contributed by atoms with Gasteiger partial charge in [0.25, 0.3) is 0 Å². The highest BCUT2D eigenvalue weighted by Gasteiger charge is 2.12. The molecule has 0 aliphatic heterocycles. The van der Waals surface area contributed by atoms with Gasteiger partial charge in [-0.1, -0.05) is 72.8 Å². The summed E-state index contributed by atoms with van der Waals surface area (Å²) < 4.78 is 10.8. The Bertz CT molecular complexity index is 1080. The lowest BCUT2D eigenvalue weighted by Crippen LogP contribution is -2.06. The Kier molecular flexibility index (Phi) is 10.1. The van der Waals surface area contributed by atoms with Gasteiger partial charge in [0, 0.05) is 12.2 Å². The molecule has 4 nitrogen and oxygen atoms in total. The number of hydrogen-bond donors (Lipinski definition) is 0. The van der Waals surface area contributed by atoms with E-state index in [0.29, 0.717) is 13.2 Å². The largest absolute Gasteiger partial charge is 0.463 e. The van der Waals surface area contributed by atoms with Crippen molar-refractivity contribution in [3.8, 4) is 0 Å². The van der Waals surface area contributed by atoms with E-state index < -0.39 is 0 Å². The first-order valence-corrected chi connectivity index (χ1v) is 13.4. The second kappa shape index (κ2) is 14.2. The first kappa shape index (κ1) is 26.4. The van der Waals surface area contributed by atoms with Crippen LogP contribution in [0.1, 0.15) is 68.9 Å². The third-order valence-electron chi connectivity index (χ3n) is 6.72. The van der Waals surface area contributed by atoms with Crippen LogP contribution in [-0.2, 0) is 19.1 Å². The average molecular weight is 497 g/mol. The number of carbonyl (C=O) groups is 2. The number of carbonyl (C=O) groups excluding carboxylic acids is 2. The predicted molar refractivity (Wildman–Crippen MR) is 148 cm³/mol. The second-order valence-corrected chi connectivity index (χ2v) is 9.61. The highest BCUT2D eigenvalue weighted by atomic mass is 16.5. The van der Waals surface area contributed by atoms with Crippen LogP contribution in [0.5, 0.6) is 0 Å². The third kappa shape index (κ3) is 8.75. The van der Waals surface area contributed by atoms with Gasteiger partial charge in [0.2, 0.25) is 0 Å². The van der Waals surface area contributed by atoms with E-state index >= 15 is 0 Å². The van der Waals surface area contributed by atoms with E-state index in [0.717, 1.165) is 68.9 Å². The molecule has 0 unspecified atom stereocenters. The molecular weight excluding hydrogens is 460 g/mol. The first-order valence-electron chi connectivity index (χ1n) is 13.4. The topological polar surface area (TPSA) is 52.6 Å². The van der Waals surface area contributed by atoms with E-state index in [1.807, 2.05) is 36.4 Å². The lowest BCUT2D eigenvalue weighted by atomic mass is 9.90. The Balaban J connectivity index is 1.12. The van der Waals surface area contributed by atoms with Gasteiger partial charge in [-0.2, -0.15) is 0 Å². The lowest BCUT2D eigenvalue weighted by Gasteiger charge is -2.15. The molecule has 2 aliphatic rings. The van der Waals surface area contributed by atoms with Gasteiger partial charge in [-0.25, -0.2) is 9.59 Å². The molecule has 0 radical (unpaired) electrons. The van der Waals surface area contributed by atoms with Crippen LogP contribution in [0.2, 0.25) is 0 Å². The van der Waals surface area contributed by atoms with Crippen LogP contribution in [-0.4, -0.2) is 25.2 Å². The summed E-state index contributed by atoms with van der Waals surface area (Å²) in [6, 6.07) is 20.6. The van der Waals surface area contributed by atoms with Crippen molar-refractivity contribution in [3.05, 3.63) is 107 Å². The zero-order chi connectivity index (χ0) is 25.7. The third-order valence-corrected chi connectivity index (χ3v) is 6.72. The van der Waals surface area contributed by atoms with E-state index in [2.05, 4.69) is 36.4 Å². The van der Waals surface area contributed by atoms with Gasteiger partial charge in [0.05, 0.1) is 13.2 Å². The van der Waals surface area contributed by atoms with Gasteiger partial charge in [-0.15, -0.1) is 0 Å². The Hall–Kier alpha value is -3.66. The fourth-order valence-corrected chi connectivity index (χ4v) is 4.80. The zero-order valence-corrected chi connectivity index (χ0v) is 21.5. The maximum Gasteiger partial charge on any atom is 0.331 e. The Morgan fingerprint density at radius 3 is 1.46 bits per heavy atom. The summed E-state index contributed by atoms with van der Waals surface area (Å²) in [6.45, 7) is 0.756. The maximum absolute atomic E-state index is 12.2. The van der Waals surface area contributed by atoms with Gasteiger partial charge in [0.15, 0.2) is 0 Å². The van der Waals surface area contributed by atoms with E-state index in [1.165, 1.54) is 22.3 Å². The quantitative estimate of drug-likeness (QED) is 0.193. The number of benzene rings is 2. The van der Waals surface area contributed by atoms with E-state index in [-0.39, 0.29) is 11.9 Å². The molecule has 37 heavy (non-hydrogen) atoms. The molecule has 0 fully saturated rings. The minimum atomic E-state index is -0.283. The zero-order valence-electron chi connectivity index (χ0n) is 21.5. The summed E-state index contributed by atoms with van der Waals surface area (Å²) in [5, 5.41) is 0. The predicted octanol–water partition coefficient (Wildman–Crippen LogP) is 7.63. The Labute approximate surface area is 220 Å². The Morgan fingerprint density at radius 1 is 0.595 bits per heavy atom. The molecule has 0 saturated heterocycles. The summed E-state index contributed by atoms with van der Waals surface area (Å²) in [4.78, 5) is 24.5. The maximum atomic E-state index is 12.2. The molecule has 4 rings (SSSR count). The molecule has 192 valence electrons. The van der Waals surface area contributed by atoms with Crippen LogP contribution in [0.3, 0.4) is 0 Å². The molecule has 2 aliphatic carbocycles. The fraction of sp³-hybridized carbons (Fsp3) is 0.333. The van der Waals surface area contributed by atoms with Crippen molar-refractivity contribution in [2.24, 2.45) is 0 Å². The summed E-state index contributed by atoms with van der Waals surface area (Å²) >= 11 is 0. The van der Waals surface area contributed by atoms with E-state index in [1.54, 1.807) is 12.2 Å². The first-order chi connectivity index (χ1) is 18.2. The Morgan fingerprint density at radius 2 is 1.03 bits per heavy atom. The van der Waals surface area contributed by atoms with Crippen LogP contribution in [0, 0.1) is 0 Å². The number of allylic oxidation sites excluding steroid dienone is 6. The molecule has 4 heteroatoms. The standard InChI is InChI=1S/C33H36O4/c34-32(24-26-12-10-18-30(22-26)28-14-4-1-5-15-28)36-20-8-3-9-21-37-33(35)25-27-13-11-19-31(23-27)29-16-6-2-7-17-29/h1-2,4-7,14-17,22-25H,3,8-13,18-21H2. The van der Waals surface area contributed by atoms with Crippen molar-refractivity contribution in [1.82, 2.24) is 0 Å². The SMILES string of the molecule is O=C(C=C1C=C(c2ccccc2)CCC1)OCCCCCOC(=O)C=C1C=C(c2ccccc2)CCC1. The average Bonchev–Trinajstić information content (AvgIpc) is 2.94. The van der Waals surface area contributed by atoms with Gasteiger partial charge in [-0.05, 0) is 91.2 Å². The molecular formula is C33H36O4. The van der Waals surface area contributed by atoms with Crippen molar-refractivity contribution in [1.29, 1.82) is 0 Å². The highest BCUT2D eigenvalue weighted by molar-refractivity contribution is 5.85. The number of unbranched alkanes of at least 4 members (excludes halogenated alkanes) is 2. The van der Waals surface area contributed by atoms with Gasteiger partial charge in [-0.3, -0.25) is 0 Å². The molecule has 0 N–H and O–H groups in total. The van der Waals surface area contributed by atoms with Crippen molar-refractivity contribution in [2.45, 2.75) is 57.8 Å². The molecule has 0 spiro atoms. The molecule has 2 aromatic rings. The van der Waals surface area contributed by atoms with Gasteiger partial charge in [0.1, 0.15) is 0 Å². The molecule has 0 bridgehead atoms. The van der Waals surface area contributed by atoms with Crippen molar-refractivity contribution < 1.29 is 19.1 Å². The summed E-state index contributed by atoms with van der Waals surface area (Å²) in [5.74, 6) is -0.567. The number of ether oxygens (including phenoxy) is 2. The van der Waals surface area contributed by atoms with Crippen molar-refractivity contribution in [3.63, 3.8) is 0 Å². The van der Waals surface area contributed by atoms with Gasteiger partial charge < -0.3 is 9.47 Å². The number of esters is 2. The molecule has 0 atom stereocenters. The number of rotatable bonds is 10. The molecule has 0 amide bonds. The van der Waals surface area contributed by atoms with Crippen molar-refractivity contribution >= 4 is 23.1 Å². The normalized spacial score (nSPS) is 17.7. The fourth-order valence-electron chi connectivity index (χ4n) is 4.80. The molecule has 0 heterocycles. The summed E-state index contributed by atoms with van der Waals surface area (Å²) in [7, 11) is 0. The smallest absolute Gasteiger partial charge is 0.331 e. The summed E-state index contributed by atoms with van der Waals surface area (Å²) in [5.41, 5.74) is 7.02. The monoisotopic (exact) mass is 496 g/mol. The van der Waals surface area contributed by atoms with E-state index in [9.17, 15) is 9.59 Å². The lowest BCUT2D eigenvalue weighted by molar-refractivity contribution is -0.138. The van der Waals surface area contributed by atoms with Crippen LogP contribution in [0.25, 0.3) is 11.1 Å². The number of hydrogen-bond acceptors (Lipinski definition) is 4. The van der Waals surface area contributed by atoms with Gasteiger partial charge >= 0.3 is 11.9 Å². The highest BCUT2D eigenvalue weighted by Crippen LogP contribution is 2.30. The minimum absolute atomic E-state index is 0.283. The van der Waals surface area contributed by atoms with Crippen LogP contribution in [0.15, 0.2) is 96.1 Å². The van der Waals surface area contributed by atoms with Crippen LogP contribution >= 0.6 is 0 Å². The van der Waals surface area contributed by atoms with Crippen LogP contribution < -0.4 is 0 Å². The van der Waals surface area contributed by atoms with E-state index in [4.69, 9.17) is 9.47 Å². The molecule has 0 saturated carbocycles. The second-order valence-electron chi connectivity index (χ2n) is 9.61. The minimum Gasteiger partial charge on any atom is -0.463 e. The van der Waals surface area contributed by atoms with Crippen LogP contribution in [0.4, 0.5) is 0 Å². The molecule has 2 aromatic carbocycles. The molecule has 0 aromatic heterocycles. The summed E-state index contributed by atoms with van der Waals surface area (Å²) in [6.07, 6.45) is 15.8.